The Morgan fingerprint density at radius 1 is 0.391 bits per heavy atom. The number of hydrogen-bond donors (Lipinski definition) is 2. The molecule has 11 aromatic heterocycles. The summed E-state index contributed by atoms with van der Waals surface area (Å²) in [6, 6.07) is 7.83. The van der Waals surface area contributed by atoms with Gasteiger partial charge in [0.25, 0.3) is 0 Å². The molecule has 87 heavy (non-hydrogen) atoms. The summed E-state index contributed by atoms with van der Waals surface area (Å²) in [4.78, 5) is 21.0. The first-order chi connectivity index (χ1) is 37.0. The quantitative estimate of drug-likeness (QED) is 0.142. The van der Waals surface area contributed by atoms with Crippen molar-refractivity contribution in [2.24, 2.45) is 14.1 Å². The number of aromatic nitrogens is 20. The predicted octanol–water partition coefficient (Wildman–Crippen LogP) is 16.2. The maximum absolute atomic E-state index is 4.97. The van der Waals surface area contributed by atoms with Crippen molar-refractivity contribution < 1.29 is 22.4 Å². The summed E-state index contributed by atoms with van der Waals surface area (Å²) in [5.41, 5.74) is 6.36. The highest BCUT2D eigenvalue weighted by Crippen LogP contribution is 2.08. The molecule has 0 fully saturated rings. The highest BCUT2D eigenvalue weighted by atomic mass is 32.1. The Morgan fingerprint density at radius 2 is 0.920 bits per heavy atom. The van der Waals surface area contributed by atoms with E-state index in [1.54, 1.807) is 61.2 Å². The summed E-state index contributed by atoms with van der Waals surface area (Å²) in [7, 11) is 3.83. The van der Waals surface area contributed by atoms with Gasteiger partial charge in [-0.1, -0.05) is 74.9 Å². The number of nitrogens with zero attached hydrogens (tertiary/aromatic N) is 18. The summed E-state index contributed by atoms with van der Waals surface area (Å²) in [6.07, 6.45) is 3.59. The van der Waals surface area contributed by atoms with Crippen LogP contribution in [0.3, 0.4) is 0 Å². The van der Waals surface area contributed by atoms with Crippen LogP contribution in [0.1, 0.15) is 183 Å². The lowest BCUT2D eigenvalue weighted by Crippen LogP contribution is -1.92. The lowest BCUT2D eigenvalue weighted by atomic mass is 10.4. The van der Waals surface area contributed by atoms with Crippen LogP contribution in [0.2, 0.25) is 0 Å². The average molecular weight is 1260 g/mol. The number of hydrogen-bond acceptors (Lipinski definition) is 23. The fraction of sp³-hybridized carbons (Fsp3) is 0.533. The molecule has 0 unspecified atom stereocenters. The van der Waals surface area contributed by atoms with Crippen LogP contribution in [0, 0.1) is 152 Å². The third-order valence-corrected chi connectivity index (χ3v) is 10.3. The zero-order valence-corrected chi connectivity index (χ0v) is 52.0. The maximum atomic E-state index is 4.97. The van der Waals surface area contributed by atoms with Gasteiger partial charge in [0.2, 0.25) is 17.7 Å². The topological polar surface area (TPSA) is 313 Å². The first-order valence-corrected chi connectivity index (χ1v) is 26.2. The number of nitrogens with one attached hydrogen (secondary N) is 2. The van der Waals surface area contributed by atoms with Gasteiger partial charge in [0.05, 0.1) is 34.0 Å². The number of H-pyrrole nitrogens is 2. The van der Waals surface area contributed by atoms with Crippen molar-refractivity contribution in [3.05, 3.63) is 161 Å². The molecule has 0 saturated carbocycles. The van der Waals surface area contributed by atoms with Crippen molar-refractivity contribution in [3.8, 4) is 0 Å². The van der Waals surface area contributed by atoms with E-state index >= 15 is 0 Å². The van der Waals surface area contributed by atoms with Gasteiger partial charge in [-0.15, -0.1) is 43.1 Å². The standard InChI is InChI=1S/C6H10N2.C5H9N3.C5H8N2.3C5H7NO.C5H7NS.C4H7N3.2C4H6N2O.C4H6N2S.8CH4/c1-5-4-6(2)8(3)7-5;1-4-6-5(2)8(3)7-4;1-4-3-5(2)7-6-4;1-4-3-6-5(2)7-4;2*1-4-3-5(2)7-6-4;1-4-3-6-5(2)7-4;1-3-5-4(2)7-6-3;1-3-5-6-4(2)7-3;1-3-5-4(2)7-6-3;1-3-5-6-4(2)7-3;;;;;;;;/h4H,1-3H3;1-3H3;3H,1-2H3,(H,6,7);4*3H,1-2H3;1-2H3,(H,5,6,7);3*1-2H3;8*1H4. The Bertz CT molecular complexity index is 2530. The van der Waals surface area contributed by atoms with Crippen LogP contribution in [0.4, 0.5) is 0 Å². The van der Waals surface area contributed by atoms with Gasteiger partial charge in [-0.2, -0.15) is 25.4 Å². The van der Waals surface area contributed by atoms with Gasteiger partial charge >= 0.3 is 0 Å². The number of aromatic amines is 2. The molecule has 0 spiro atoms. The van der Waals surface area contributed by atoms with Crippen LogP contribution < -0.4 is 0 Å². The van der Waals surface area contributed by atoms with Crippen molar-refractivity contribution in [2.75, 3.05) is 0 Å². The molecule has 494 valence electrons. The summed E-state index contributed by atoms with van der Waals surface area (Å²) in [5, 5.41) is 50.2. The van der Waals surface area contributed by atoms with Gasteiger partial charge in [-0.05, 0) is 137 Å². The normalized spacial score (nSPS) is 8.64. The average Bonchev–Trinajstić information content (AvgIpc) is 4.22. The second kappa shape index (κ2) is 51.1. The Balaban J connectivity index is -0.000000130. The number of rotatable bonds is 0. The number of thiazole rings is 1. The largest absolute Gasteiger partial charge is 0.446 e. The molecule has 0 aliphatic rings. The second-order valence-electron chi connectivity index (χ2n) is 17.2. The van der Waals surface area contributed by atoms with Crippen molar-refractivity contribution in [1.29, 1.82) is 0 Å². The SMILES string of the molecule is C.C.C.C.C.C.C.C.Cc1cc(C)[nH]n1.Cc1cc(C)n(C)n1.Cc1cc(C)on1.Cc1cc(C)on1.Cc1cnc(C)o1.Cc1cnc(C)s1.Cc1n[nH]c(C)n1.Cc1nc(C)n(C)n1.Cc1nnc(C)o1.Cc1nnc(C)s1.Cc1noc(C)n1. The van der Waals surface area contributed by atoms with Crippen molar-refractivity contribution >= 4 is 22.7 Å². The van der Waals surface area contributed by atoms with E-state index in [1.807, 2.05) is 161 Å². The molecule has 0 aromatic carbocycles. The number of aryl methyl sites for hydroxylation is 24. The summed E-state index contributed by atoms with van der Waals surface area (Å²) >= 11 is 3.35. The van der Waals surface area contributed by atoms with Gasteiger partial charge < -0.3 is 22.4 Å². The molecular formula is C60H112N20O5S2. The van der Waals surface area contributed by atoms with Gasteiger partial charge in [0.1, 0.15) is 50.6 Å². The van der Waals surface area contributed by atoms with Gasteiger partial charge in [0.15, 0.2) is 11.7 Å². The molecule has 0 aliphatic carbocycles. The molecule has 0 bridgehead atoms. The summed E-state index contributed by atoms with van der Waals surface area (Å²) in [5.74, 6) is 9.39. The van der Waals surface area contributed by atoms with Crippen LogP contribution in [0.5, 0.6) is 0 Å². The Hall–Kier alpha value is -8.20. The number of oxazole rings is 1. The molecule has 11 heterocycles. The third-order valence-electron chi connectivity index (χ3n) is 8.71. The van der Waals surface area contributed by atoms with Crippen LogP contribution in [0.15, 0.2) is 59.1 Å². The first-order valence-electron chi connectivity index (χ1n) is 24.5. The molecule has 0 atom stereocenters. The van der Waals surface area contributed by atoms with E-state index in [1.165, 1.54) is 10.6 Å². The van der Waals surface area contributed by atoms with Crippen LogP contribution >= 0.6 is 22.7 Å². The maximum Gasteiger partial charge on any atom is 0.223 e. The van der Waals surface area contributed by atoms with Gasteiger partial charge in [0, 0.05) is 76.4 Å². The minimum Gasteiger partial charge on any atom is -0.446 e. The molecule has 0 radical (unpaired) electrons. The van der Waals surface area contributed by atoms with E-state index in [0.29, 0.717) is 23.5 Å². The molecular weight excluding hydrogens is 1140 g/mol. The highest BCUT2D eigenvalue weighted by Gasteiger charge is 1.96. The summed E-state index contributed by atoms with van der Waals surface area (Å²) < 4.78 is 27.5. The molecule has 2 N–H and O–H groups in total. The Kier molecular flexibility index (Phi) is 55.8. The van der Waals surface area contributed by atoms with Crippen molar-refractivity contribution in [3.63, 3.8) is 0 Å². The van der Waals surface area contributed by atoms with Crippen LogP contribution in [-0.2, 0) is 14.1 Å². The Labute approximate surface area is 529 Å². The van der Waals surface area contributed by atoms with E-state index < -0.39 is 0 Å². The highest BCUT2D eigenvalue weighted by molar-refractivity contribution is 7.11. The van der Waals surface area contributed by atoms with Gasteiger partial charge in [-0.3, -0.25) is 19.6 Å². The first kappa shape index (κ1) is 95.2. The molecule has 0 aliphatic heterocycles. The minimum absolute atomic E-state index is 0. The van der Waals surface area contributed by atoms with E-state index in [-0.39, 0.29) is 59.4 Å². The molecule has 0 saturated heterocycles. The molecule has 25 nitrogen and oxygen atoms in total. The monoisotopic (exact) mass is 1260 g/mol. The second-order valence-corrected chi connectivity index (χ2v) is 20.0. The predicted molar refractivity (Wildman–Crippen MR) is 357 cm³/mol. The minimum atomic E-state index is 0. The van der Waals surface area contributed by atoms with E-state index in [2.05, 4.69) is 109 Å². The fourth-order valence-electron chi connectivity index (χ4n) is 5.48. The zero-order chi connectivity index (χ0) is 59.8. The van der Waals surface area contributed by atoms with Crippen LogP contribution in [0.25, 0.3) is 0 Å². The Morgan fingerprint density at radius 3 is 1.03 bits per heavy atom. The molecule has 11 rings (SSSR count). The smallest absolute Gasteiger partial charge is 0.223 e. The fourth-order valence-corrected chi connectivity index (χ4v) is 6.74. The van der Waals surface area contributed by atoms with Gasteiger partial charge in [-0.25, -0.2) is 19.9 Å². The molecule has 27 heteroatoms. The van der Waals surface area contributed by atoms with Crippen LogP contribution in [-0.4, -0.2) is 101 Å². The third kappa shape index (κ3) is 47.7. The van der Waals surface area contributed by atoms with E-state index in [0.717, 1.165) is 90.0 Å². The van der Waals surface area contributed by atoms with E-state index in [9.17, 15) is 0 Å². The summed E-state index contributed by atoms with van der Waals surface area (Å²) in [6.45, 7) is 41.8. The van der Waals surface area contributed by atoms with Crippen molar-refractivity contribution in [2.45, 2.75) is 212 Å². The van der Waals surface area contributed by atoms with E-state index in [4.69, 9.17) is 17.9 Å². The lowest BCUT2D eigenvalue weighted by molar-refractivity contribution is 0.389. The van der Waals surface area contributed by atoms with Crippen molar-refractivity contribution in [1.82, 2.24) is 101 Å². The zero-order valence-electron chi connectivity index (χ0n) is 50.4. The molecule has 11 aromatic rings. The molecule has 0 amide bonds. The lowest BCUT2D eigenvalue weighted by Gasteiger charge is -1.87.